The molecule has 0 saturated heterocycles. The predicted octanol–water partition coefficient (Wildman–Crippen LogP) is 2.51. The second kappa shape index (κ2) is 7.66. The fourth-order valence-electron chi connectivity index (χ4n) is 1.51. The van der Waals surface area contributed by atoms with Crippen molar-refractivity contribution in [1.29, 1.82) is 0 Å². The van der Waals surface area contributed by atoms with Gasteiger partial charge in [-0.25, -0.2) is 4.79 Å². The molecule has 1 aromatic rings. The van der Waals surface area contributed by atoms with E-state index in [4.69, 9.17) is 26.2 Å². The van der Waals surface area contributed by atoms with Gasteiger partial charge in [0.1, 0.15) is 0 Å². The Hall–Kier alpha value is -1.86. The van der Waals surface area contributed by atoms with E-state index in [-0.39, 0.29) is 36.1 Å². The lowest BCUT2D eigenvalue weighted by atomic mass is 10.2. The average Bonchev–Trinajstić information content (AvgIpc) is 2.38. The summed E-state index contributed by atoms with van der Waals surface area (Å²) < 4.78 is 10.2. The molecule has 8 heteroatoms. The highest BCUT2D eigenvalue weighted by atomic mass is 35.5. The molecule has 110 valence electrons. The maximum atomic E-state index is 10.8. The van der Waals surface area contributed by atoms with E-state index in [1.807, 2.05) is 0 Å². The Bertz CT molecular complexity index is 493. The zero-order valence-corrected chi connectivity index (χ0v) is 11.5. The Balaban J connectivity index is 2.66. The lowest BCUT2D eigenvalue weighted by molar-refractivity contribution is -0.385. The first-order valence-electron chi connectivity index (χ1n) is 5.86. The van der Waals surface area contributed by atoms with Gasteiger partial charge in [0.05, 0.1) is 11.5 Å². The molecule has 0 heterocycles. The molecule has 20 heavy (non-hydrogen) atoms. The number of benzene rings is 1. The van der Waals surface area contributed by atoms with Crippen LogP contribution < -0.4 is 4.74 Å². The number of ether oxygens (including phenoxy) is 2. The molecule has 1 rings (SSSR count). The minimum atomic E-state index is -1.10. The van der Waals surface area contributed by atoms with Gasteiger partial charge in [-0.3, -0.25) is 10.1 Å². The number of nitro benzene ring substituents is 1. The number of carboxylic acids is 1. The monoisotopic (exact) mass is 303 g/mol. The number of carbonyl (C=O) groups is 1. The third kappa shape index (κ3) is 4.67. The van der Waals surface area contributed by atoms with E-state index < -0.39 is 17.0 Å². The molecule has 0 aliphatic rings. The van der Waals surface area contributed by atoms with Crippen LogP contribution in [0.15, 0.2) is 18.2 Å². The Morgan fingerprint density at radius 2 is 2.25 bits per heavy atom. The molecule has 0 radical (unpaired) electrons. The summed E-state index contributed by atoms with van der Waals surface area (Å²) >= 11 is 5.67. The van der Waals surface area contributed by atoms with Gasteiger partial charge in [-0.15, -0.1) is 0 Å². The smallest absolute Gasteiger partial charge is 0.332 e. The number of halogens is 1. The lowest BCUT2D eigenvalue weighted by Gasteiger charge is -2.13. The number of hydrogen-bond acceptors (Lipinski definition) is 5. The fraction of sp³-hybridized carbons (Fsp3) is 0.417. The van der Waals surface area contributed by atoms with Gasteiger partial charge in [0, 0.05) is 24.1 Å². The number of nitro groups is 1. The zero-order chi connectivity index (χ0) is 15.1. The summed E-state index contributed by atoms with van der Waals surface area (Å²) in [6.45, 7) is 1.93. The Morgan fingerprint density at radius 1 is 1.55 bits per heavy atom. The Labute approximate surface area is 120 Å². The molecule has 0 aliphatic heterocycles. The number of nitrogens with zero attached hydrogens (tertiary/aromatic N) is 1. The molecular formula is C12H14ClNO6. The third-order valence-electron chi connectivity index (χ3n) is 2.40. The molecule has 1 aromatic carbocycles. The van der Waals surface area contributed by atoms with E-state index in [0.29, 0.717) is 0 Å². The van der Waals surface area contributed by atoms with Crippen molar-refractivity contribution in [2.75, 3.05) is 13.2 Å². The minimum absolute atomic E-state index is 0.0144. The molecule has 0 saturated carbocycles. The van der Waals surface area contributed by atoms with Gasteiger partial charge in [-0.2, -0.15) is 0 Å². The second-order valence-electron chi connectivity index (χ2n) is 3.79. The van der Waals surface area contributed by atoms with Crippen LogP contribution in [0.4, 0.5) is 5.69 Å². The largest absolute Gasteiger partial charge is 0.487 e. The molecule has 7 nitrogen and oxygen atoms in total. The van der Waals surface area contributed by atoms with Crippen molar-refractivity contribution >= 4 is 23.3 Å². The molecule has 0 amide bonds. The summed E-state index contributed by atoms with van der Waals surface area (Å²) in [4.78, 5) is 21.1. The van der Waals surface area contributed by atoms with Gasteiger partial charge < -0.3 is 14.6 Å². The highest BCUT2D eigenvalue weighted by Crippen LogP contribution is 2.30. The van der Waals surface area contributed by atoms with E-state index in [1.54, 1.807) is 6.92 Å². The number of aliphatic carboxylic acids is 1. The highest BCUT2D eigenvalue weighted by molar-refractivity contribution is 6.30. The molecule has 1 N–H and O–H groups in total. The lowest BCUT2D eigenvalue weighted by Crippen LogP contribution is -2.26. The van der Waals surface area contributed by atoms with E-state index in [1.165, 1.54) is 18.2 Å². The van der Waals surface area contributed by atoms with Gasteiger partial charge >= 0.3 is 11.7 Å². The van der Waals surface area contributed by atoms with Crippen LogP contribution in [0.3, 0.4) is 0 Å². The Kier molecular flexibility index (Phi) is 6.20. The Morgan fingerprint density at radius 3 is 2.80 bits per heavy atom. The third-order valence-corrected chi connectivity index (χ3v) is 2.63. The van der Waals surface area contributed by atoms with Crippen molar-refractivity contribution in [2.24, 2.45) is 0 Å². The van der Waals surface area contributed by atoms with E-state index in [0.717, 1.165) is 0 Å². The molecular weight excluding hydrogens is 290 g/mol. The standard InChI is InChI=1S/C12H14ClNO6/c1-2-19-11(12(15)16)5-6-20-10-4-3-8(13)7-9(10)14(17)18/h3-4,7,11H,2,5-6H2,1H3,(H,15,16). The second-order valence-corrected chi connectivity index (χ2v) is 4.22. The maximum absolute atomic E-state index is 10.8. The van der Waals surface area contributed by atoms with Crippen LogP contribution in [0, 0.1) is 10.1 Å². The van der Waals surface area contributed by atoms with Crippen LogP contribution in [-0.2, 0) is 9.53 Å². The van der Waals surface area contributed by atoms with E-state index >= 15 is 0 Å². The quantitative estimate of drug-likeness (QED) is 0.585. The van der Waals surface area contributed by atoms with Crippen LogP contribution in [0.5, 0.6) is 5.75 Å². The van der Waals surface area contributed by atoms with Gasteiger partial charge in [0.15, 0.2) is 11.9 Å². The van der Waals surface area contributed by atoms with Crippen molar-refractivity contribution in [1.82, 2.24) is 0 Å². The topological polar surface area (TPSA) is 98.9 Å². The number of rotatable bonds is 8. The van der Waals surface area contributed by atoms with Crippen molar-refractivity contribution in [2.45, 2.75) is 19.4 Å². The summed E-state index contributed by atoms with van der Waals surface area (Å²) in [5, 5.41) is 19.9. The van der Waals surface area contributed by atoms with Gasteiger partial charge in [-0.1, -0.05) is 11.6 Å². The summed E-state index contributed by atoms with van der Waals surface area (Å²) in [5.74, 6) is -1.05. The number of carboxylic acid groups (broad SMARTS) is 1. The molecule has 0 fully saturated rings. The van der Waals surface area contributed by atoms with Crippen LogP contribution in [-0.4, -0.2) is 35.3 Å². The fourth-order valence-corrected chi connectivity index (χ4v) is 1.68. The normalized spacial score (nSPS) is 11.9. The average molecular weight is 304 g/mol. The summed E-state index contributed by atoms with van der Waals surface area (Å²) in [5.41, 5.74) is -0.263. The van der Waals surface area contributed by atoms with Gasteiger partial charge in [0.25, 0.3) is 0 Å². The minimum Gasteiger partial charge on any atom is -0.487 e. The SMILES string of the molecule is CCOC(CCOc1ccc(Cl)cc1[N+](=O)[O-])C(=O)O. The van der Waals surface area contributed by atoms with E-state index in [2.05, 4.69) is 0 Å². The first-order chi connectivity index (χ1) is 9.45. The van der Waals surface area contributed by atoms with Crippen molar-refractivity contribution < 1.29 is 24.3 Å². The van der Waals surface area contributed by atoms with E-state index in [9.17, 15) is 14.9 Å². The molecule has 1 unspecified atom stereocenters. The first kappa shape index (κ1) is 16.2. The van der Waals surface area contributed by atoms with Crippen LogP contribution in [0.25, 0.3) is 0 Å². The molecule has 1 atom stereocenters. The van der Waals surface area contributed by atoms with Gasteiger partial charge in [-0.05, 0) is 19.1 Å². The molecule has 0 aliphatic carbocycles. The van der Waals surface area contributed by atoms with Gasteiger partial charge in [0.2, 0.25) is 0 Å². The van der Waals surface area contributed by atoms with Crippen LogP contribution in [0.2, 0.25) is 5.02 Å². The predicted molar refractivity (Wildman–Crippen MR) is 71.3 cm³/mol. The zero-order valence-electron chi connectivity index (χ0n) is 10.7. The maximum Gasteiger partial charge on any atom is 0.332 e. The highest BCUT2D eigenvalue weighted by Gasteiger charge is 2.19. The van der Waals surface area contributed by atoms with Crippen molar-refractivity contribution in [3.8, 4) is 5.75 Å². The van der Waals surface area contributed by atoms with Crippen molar-refractivity contribution in [3.63, 3.8) is 0 Å². The van der Waals surface area contributed by atoms with Crippen molar-refractivity contribution in [3.05, 3.63) is 33.3 Å². The van der Waals surface area contributed by atoms with Crippen LogP contribution in [0.1, 0.15) is 13.3 Å². The molecule has 0 bridgehead atoms. The summed E-state index contributed by atoms with van der Waals surface area (Å²) in [6.07, 6.45) is -0.908. The molecule has 0 spiro atoms. The summed E-state index contributed by atoms with van der Waals surface area (Å²) in [6, 6.07) is 4.01. The number of hydrogen-bond donors (Lipinski definition) is 1. The molecule has 0 aromatic heterocycles. The first-order valence-corrected chi connectivity index (χ1v) is 6.24. The van der Waals surface area contributed by atoms with Crippen LogP contribution >= 0.6 is 11.6 Å². The summed E-state index contributed by atoms with van der Waals surface area (Å²) in [7, 11) is 0.